The lowest BCUT2D eigenvalue weighted by Gasteiger charge is -2.31. The molecule has 0 N–H and O–H groups in total. The third kappa shape index (κ3) is 4.02. The average molecular weight is 391 g/mol. The molecule has 1 amide bonds. The normalized spacial score (nSPS) is 16.6. The van der Waals surface area contributed by atoms with Gasteiger partial charge in [0.1, 0.15) is 5.75 Å². The van der Waals surface area contributed by atoms with E-state index in [9.17, 15) is 4.79 Å². The summed E-state index contributed by atoms with van der Waals surface area (Å²) in [6.07, 6.45) is 9.00. The third-order valence-electron chi connectivity index (χ3n) is 5.68. The molecule has 0 fully saturated rings. The smallest absolute Gasteiger partial charge is 0.231 e. The second-order valence-electron chi connectivity index (χ2n) is 7.46. The van der Waals surface area contributed by atoms with Gasteiger partial charge in [0.15, 0.2) is 11.5 Å². The van der Waals surface area contributed by atoms with Crippen molar-refractivity contribution in [2.45, 2.75) is 31.6 Å². The lowest BCUT2D eigenvalue weighted by molar-refractivity contribution is -0.130. The van der Waals surface area contributed by atoms with E-state index >= 15 is 0 Å². The lowest BCUT2D eigenvalue weighted by atomic mass is 9.82. The van der Waals surface area contributed by atoms with Crippen molar-refractivity contribution in [1.29, 1.82) is 0 Å². The van der Waals surface area contributed by atoms with E-state index in [1.807, 2.05) is 30.3 Å². The molecule has 2 aliphatic rings. The molecule has 1 aliphatic heterocycles. The SMILES string of the molecule is C#CCN(C[C@@H]1CCCc2c(OC)cccc21)C(=O)Cc1ccc2c(c1)OCO2. The summed E-state index contributed by atoms with van der Waals surface area (Å²) in [5.74, 6) is 5.28. The van der Waals surface area contributed by atoms with Gasteiger partial charge in [-0.15, -0.1) is 6.42 Å². The van der Waals surface area contributed by atoms with Crippen molar-refractivity contribution in [3.63, 3.8) is 0 Å². The maximum atomic E-state index is 13.0. The van der Waals surface area contributed by atoms with Crippen molar-refractivity contribution < 1.29 is 19.0 Å². The Morgan fingerprint density at radius 3 is 2.97 bits per heavy atom. The lowest BCUT2D eigenvalue weighted by Crippen LogP contribution is -2.37. The third-order valence-corrected chi connectivity index (χ3v) is 5.68. The van der Waals surface area contributed by atoms with Crippen LogP contribution in [0.5, 0.6) is 17.2 Å². The number of benzene rings is 2. The molecule has 1 heterocycles. The van der Waals surface area contributed by atoms with Gasteiger partial charge in [-0.05, 0) is 54.2 Å². The second kappa shape index (κ2) is 8.48. The number of hydrogen-bond acceptors (Lipinski definition) is 4. The zero-order valence-electron chi connectivity index (χ0n) is 16.6. The van der Waals surface area contributed by atoms with Crippen LogP contribution in [-0.2, 0) is 17.6 Å². The summed E-state index contributed by atoms with van der Waals surface area (Å²) < 4.78 is 16.3. The van der Waals surface area contributed by atoms with Crippen LogP contribution in [0.2, 0.25) is 0 Å². The number of rotatable bonds is 6. The van der Waals surface area contributed by atoms with Crippen LogP contribution in [0.4, 0.5) is 0 Å². The first-order chi connectivity index (χ1) is 14.2. The molecule has 0 saturated carbocycles. The van der Waals surface area contributed by atoms with E-state index in [0.29, 0.717) is 18.8 Å². The number of fused-ring (bicyclic) bond motifs is 2. The highest BCUT2D eigenvalue weighted by atomic mass is 16.7. The van der Waals surface area contributed by atoms with Crippen molar-refractivity contribution in [2.75, 3.05) is 27.0 Å². The van der Waals surface area contributed by atoms with Crippen LogP contribution in [0.1, 0.15) is 35.4 Å². The number of hydrogen-bond donors (Lipinski definition) is 0. The topological polar surface area (TPSA) is 48.0 Å². The van der Waals surface area contributed by atoms with E-state index in [-0.39, 0.29) is 25.0 Å². The fourth-order valence-electron chi connectivity index (χ4n) is 4.26. The summed E-state index contributed by atoms with van der Waals surface area (Å²) in [4.78, 5) is 14.8. The van der Waals surface area contributed by atoms with E-state index < -0.39 is 0 Å². The van der Waals surface area contributed by atoms with Crippen molar-refractivity contribution in [3.05, 3.63) is 53.1 Å². The van der Waals surface area contributed by atoms with Gasteiger partial charge in [-0.1, -0.05) is 24.1 Å². The Morgan fingerprint density at radius 1 is 1.28 bits per heavy atom. The first kappa shape index (κ1) is 19.2. The first-order valence-corrected chi connectivity index (χ1v) is 9.95. The first-order valence-electron chi connectivity index (χ1n) is 9.95. The van der Waals surface area contributed by atoms with Crippen LogP contribution in [0.3, 0.4) is 0 Å². The van der Waals surface area contributed by atoms with E-state index in [1.54, 1.807) is 12.0 Å². The maximum Gasteiger partial charge on any atom is 0.231 e. The highest BCUT2D eigenvalue weighted by molar-refractivity contribution is 5.79. The van der Waals surface area contributed by atoms with Crippen LogP contribution >= 0.6 is 0 Å². The summed E-state index contributed by atoms with van der Waals surface area (Å²) >= 11 is 0. The zero-order valence-corrected chi connectivity index (χ0v) is 16.6. The minimum atomic E-state index is 0.0248. The van der Waals surface area contributed by atoms with Gasteiger partial charge in [-0.2, -0.15) is 0 Å². The molecular formula is C24H25NO4. The maximum absolute atomic E-state index is 13.0. The quantitative estimate of drug-likeness (QED) is 0.707. The minimum Gasteiger partial charge on any atom is -0.496 e. The summed E-state index contributed by atoms with van der Waals surface area (Å²) in [7, 11) is 1.71. The largest absolute Gasteiger partial charge is 0.496 e. The highest BCUT2D eigenvalue weighted by Crippen LogP contribution is 2.37. The zero-order chi connectivity index (χ0) is 20.2. The Labute approximate surface area is 171 Å². The standard InChI is InChI=1S/C24H25NO4/c1-3-12-25(24(26)14-17-10-11-22-23(13-17)29-16-28-22)15-18-6-4-8-20-19(18)7-5-9-21(20)27-2/h1,5,7,9-11,13,18H,4,6,8,12,14-16H2,2H3/t18-/m0/s1. The molecule has 150 valence electrons. The van der Waals surface area contributed by atoms with Gasteiger partial charge >= 0.3 is 0 Å². The molecule has 5 nitrogen and oxygen atoms in total. The summed E-state index contributed by atoms with van der Waals surface area (Å²) in [5.41, 5.74) is 3.43. The molecule has 2 aromatic carbocycles. The van der Waals surface area contributed by atoms with Gasteiger partial charge in [0, 0.05) is 12.5 Å². The van der Waals surface area contributed by atoms with E-state index in [0.717, 1.165) is 36.3 Å². The summed E-state index contributed by atoms with van der Waals surface area (Å²) in [6.45, 7) is 1.15. The molecule has 0 unspecified atom stereocenters. The van der Waals surface area contributed by atoms with Crippen LogP contribution in [-0.4, -0.2) is 37.8 Å². The van der Waals surface area contributed by atoms with Gasteiger partial charge < -0.3 is 19.1 Å². The van der Waals surface area contributed by atoms with E-state index in [1.165, 1.54) is 11.1 Å². The fourth-order valence-corrected chi connectivity index (χ4v) is 4.26. The summed E-state index contributed by atoms with van der Waals surface area (Å²) in [6, 6.07) is 11.8. The second-order valence-corrected chi connectivity index (χ2v) is 7.46. The van der Waals surface area contributed by atoms with Gasteiger partial charge in [0.2, 0.25) is 12.7 Å². The fraction of sp³-hybridized carbons (Fsp3) is 0.375. The van der Waals surface area contributed by atoms with Crippen molar-refractivity contribution >= 4 is 5.91 Å². The molecule has 1 aliphatic carbocycles. The van der Waals surface area contributed by atoms with Crippen LogP contribution in [0.25, 0.3) is 0 Å². The van der Waals surface area contributed by atoms with Gasteiger partial charge in [0.05, 0.1) is 20.1 Å². The minimum absolute atomic E-state index is 0.0248. The molecule has 0 saturated heterocycles. The van der Waals surface area contributed by atoms with Crippen LogP contribution in [0, 0.1) is 12.3 Å². The number of carbonyl (C=O) groups excluding carboxylic acids is 1. The summed E-state index contributed by atoms with van der Waals surface area (Å²) in [5, 5.41) is 0. The average Bonchev–Trinajstić information content (AvgIpc) is 3.21. The highest BCUT2D eigenvalue weighted by Gasteiger charge is 2.26. The van der Waals surface area contributed by atoms with Crippen molar-refractivity contribution in [3.8, 4) is 29.6 Å². The number of carbonyl (C=O) groups is 1. The molecule has 0 radical (unpaired) electrons. The number of amides is 1. The Kier molecular flexibility index (Phi) is 5.62. The van der Waals surface area contributed by atoms with Gasteiger partial charge in [0.25, 0.3) is 0 Å². The molecule has 0 spiro atoms. The van der Waals surface area contributed by atoms with Crippen LogP contribution in [0.15, 0.2) is 36.4 Å². The Hall–Kier alpha value is -3.13. The predicted molar refractivity (Wildman–Crippen MR) is 110 cm³/mol. The van der Waals surface area contributed by atoms with Gasteiger partial charge in [-0.3, -0.25) is 4.79 Å². The van der Waals surface area contributed by atoms with Crippen molar-refractivity contribution in [1.82, 2.24) is 4.90 Å². The monoisotopic (exact) mass is 391 g/mol. The molecule has 29 heavy (non-hydrogen) atoms. The number of terminal acetylenes is 1. The van der Waals surface area contributed by atoms with Gasteiger partial charge in [-0.25, -0.2) is 0 Å². The number of ether oxygens (including phenoxy) is 3. The predicted octanol–water partition coefficient (Wildman–Crippen LogP) is 3.55. The van der Waals surface area contributed by atoms with E-state index in [2.05, 4.69) is 12.0 Å². The number of nitrogens with zero attached hydrogens (tertiary/aromatic N) is 1. The van der Waals surface area contributed by atoms with Crippen LogP contribution < -0.4 is 14.2 Å². The Bertz CT molecular complexity index is 946. The molecule has 0 aromatic heterocycles. The molecule has 4 rings (SSSR count). The molecule has 0 bridgehead atoms. The molecule has 2 aromatic rings. The number of methoxy groups -OCH3 is 1. The Balaban J connectivity index is 1.50. The van der Waals surface area contributed by atoms with Crippen molar-refractivity contribution in [2.24, 2.45) is 0 Å². The molecular weight excluding hydrogens is 366 g/mol. The van der Waals surface area contributed by atoms with E-state index in [4.69, 9.17) is 20.6 Å². The molecule has 1 atom stereocenters. The Morgan fingerprint density at radius 2 is 2.14 bits per heavy atom. The molecule has 5 heteroatoms.